The van der Waals surface area contributed by atoms with Crippen LogP contribution < -0.4 is 0 Å². The van der Waals surface area contributed by atoms with Crippen molar-refractivity contribution in [1.82, 2.24) is 4.90 Å². The zero-order chi connectivity index (χ0) is 13.3. The van der Waals surface area contributed by atoms with Gasteiger partial charge in [0.25, 0.3) is 5.92 Å². The van der Waals surface area contributed by atoms with Gasteiger partial charge in [-0.2, -0.15) is 0 Å². The van der Waals surface area contributed by atoms with Crippen LogP contribution in [-0.4, -0.2) is 40.9 Å². The van der Waals surface area contributed by atoms with Crippen LogP contribution in [-0.2, 0) is 4.74 Å². The largest absolute Gasteiger partial charge is 0.444 e. The predicted molar refractivity (Wildman–Crippen MR) is 64.7 cm³/mol. The first-order chi connectivity index (χ1) is 7.63. The lowest BCUT2D eigenvalue weighted by atomic mass is 9.97. The summed E-state index contributed by atoms with van der Waals surface area (Å²) in [5.41, 5.74) is -0.659. The third-order valence-electron chi connectivity index (χ3n) is 2.36. The highest BCUT2D eigenvalue weighted by molar-refractivity contribution is 9.09. The molecule has 0 aliphatic carbocycles. The molecule has 1 aliphatic rings. The Morgan fingerprint density at radius 3 is 2.59 bits per heavy atom. The zero-order valence-corrected chi connectivity index (χ0v) is 11.9. The maximum Gasteiger partial charge on any atom is 0.410 e. The number of alkyl halides is 3. The van der Waals surface area contributed by atoms with Crippen molar-refractivity contribution in [3.8, 4) is 0 Å². The highest BCUT2D eigenvalue weighted by Gasteiger charge is 2.42. The van der Waals surface area contributed by atoms with Crippen LogP contribution in [0.25, 0.3) is 0 Å². The van der Waals surface area contributed by atoms with Gasteiger partial charge in [-0.3, -0.25) is 0 Å². The molecule has 1 heterocycles. The molecule has 0 aromatic heterocycles. The normalized spacial score (nSPS) is 24.6. The number of piperidine rings is 1. The molecule has 0 bridgehead atoms. The second kappa shape index (κ2) is 5.08. The van der Waals surface area contributed by atoms with Gasteiger partial charge in [0.15, 0.2) is 0 Å². The second-order valence-electron chi connectivity index (χ2n) is 5.44. The smallest absolute Gasteiger partial charge is 0.410 e. The van der Waals surface area contributed by atoms with Gasteiger partial charge >= 0.3 is 6.09 Å². The molecule has 0 aromatic rings. The van der Waals surface area contributed by atoms with E-state index in [4.69, 9.17) is 4.74 Å². The number of likely N-dealkylation sites (tertiary alicyclic amines) is 1. The number of ether oxygens (including phenoxy) is 1. The van der Waals surface area contributed by atoms with Gasteiger partial charge < -0.3 is 9.64 Å². The SMILES string of the molecule is CC(C)(C)OC(=O)N1CC(CBr)CC(F)(F)C1. The molecule has 1 unspecified atom stereocenters. The van der Waals surface area contributed by atoms with Crippen LogP contribution in [0.5, 0.6) is 0 Å². The maximum absolute atomic E-state index is 13.4. The van der Waals surface area contributed by atoms with Gasteiger partial charge in [-0.05, 0) is 26.7 Å². The van der Waals surface area contributed by atoms with E-state index in [1.165, 1.54) is 0 Å². The highest BCUT2D eigenvalue weighted by Crippen LogP contribution is 2.32. The van der Waals surface area contributed by atoms with E-state index in [-0.39, 0.29) is 12.3 Å². The summed E-state index contributed by atoms with van der Waals surface area (Å²) in [4.78, 5) is 12.8. The van der Waals surface area contributed by atoms with Gasteiger partial charge in [-0.25, -0.2) is 13.6 Å². The number of rotatable bonds is 1. The van der Waals surface area contributed by atoms with Crippen molar-refractivity contribution in [1.29, 1.82) is 0 Å². The van der Waals surface area contributed by atoms with Crippen molar-refractivity contribution in [2.24, 2.45) is 5.92 Å². The van der Waals surface area contributed by atoms with Gasteiger partial charge in [0.2, 0.25) is 0 Å². The van der Waals surface area contributed by atoms with E-state index in [9.17, 15) is 13.6 Å². The Hall–Kier alpha value is -0.390. The molecule has 1 saturated heterocycles. The van der Waals surface area contributed by atoms with Crippen LogP contribution in [0, 0.1) is 5.92 Å². The first-order valence-corrected chi connectivity index (χ1v) is 6.67. The molecule has 1 amide bonds. The summed E-state index contributed by atoms with van der Waals surface area (Å²) < 4.78 is 31.9. The summed E-state index contributed by atoms with van der Waals surface area (Å²) in [6.45, 7) is 4.92. The Morgan fingerprint density at radius 1 is 1.53 bits per heavy atom. The lowest BCUT2D eigenvalue weighted by Gasteiger charge is -2.37. The van der Waals surface area contributed by atoms with E-state index < -0.39 is 24.2 Å². The van der Waals surface area contributed by atoms with Gasteiger partial charge in [-0.1, -0.05) is 15.9 Å². The van der Waals surface area contributed by atoms with Gasteiger partial charge in [0.05, 0.1) is 6.54 Å². The molecule has 1 rings (SSSR count). The first-order valence-electron chi connectivity index (χ1n) is 5.55. The number of nitrogens with zero attached hydrogens (tertiary/aromatic N) is 1. The monoisotopic (exact) mass is 313 g/mol. The Kier molecular flexibility index (Phi) is 4.38. The van der Waals surface area contributed by atoms with Gasteiger partial charge in [-0.15, -0.1) is 0 Å². The molecule has 0 saturated carbocycles. The van der Waals surface area contributed by atoms with E-state index >= 15 is 0 Å². The molecule has 0 spiro atoms. The minimum absolute atomic E-state index is 0.183. The topological polar surface area (TPSA) is 29.5 Å². The third-order valence-corrected chi connectivity index (χ3v) is 3.27. The van der Waals surface area contributed by atoms with E-state index in [1.807, 2.05) is 0 Å². The fourth-order valence-electron chi connectivity index (χ4n) is 1.78. The number of halogens is 3. The number of amides is 1. The molecule has 1 aliphatic heterocycles. The molecule has 6 heteroatoms. The van der Waals surface area contributed by atoms with Crippen LogP contribution in [0.15, 0.2) is 0 Å². The van der Waals surface area contributed by atoms with Crippen LogP contribution in [0.3, 0.4) is 0 Å². The molecule has 17 heavy (non-hydrogen) atoms. The summed E-state index contributed by atoms with van der Waals surface area (Å²) in [5.74, 6) is -3.06. The number of carbonyl (C=O) groups excluding carboxylic acids is 1. The van der Waals surface area contributed by atoms with Gasteiger partial charge in [0, 0.05) is 18.3 Å². The standard InChI is InChI=1S/C11H18BrF2NO2/c1-10(2,3)17-9(16)15-6-8(5-12)4-11(13,14)7-15/h8H,4-7H2,1-3H3. The van der Waals surface area contributed by atoms with E-state index in [0.717, 1.165) is 4.90 Å². The fraction of sp³-hybridized carbons (Fsp3) is 0.909. The van der Waals surface area contributed by atoms with E-state index in [2.05, 4.69) is 15.9 Å². The minimum Gasteiger partial charge on any atom is -0.444 e. The summed E-state index contributed by atoms with van der Waals surface area (Å²) in [7, 11) is 0. The average molecular weight is 314 g/mol. The predicted octanol–water partition coefficient (Wildman–Crippen LogP) is 3.27. The Balaban J connectivity index is 2.67. The number of hydrogen-bond donors (Lipinski definition) is 0. The van der Waals surface area contributed by atoms with Crippen LogP contribution in [0.2, 0.25) is 0 Å². The molecule has 3 nitrogen and oxygen atoms in total. The third kappa shape index (κ3) is 4.77. The number of hydrogen-bond acceptors (Lipinski definition) is 2. The molecule has 100 valence electrons. The van der Waals surface area contributed by atoms with Gasteiger partial charge in [0.1, 0.15) is 5.60 Å². The molecular formula is C11H18BrF2NO2. The average Bonchev–Trinajstić information content (AvgIpc) is 2.12. The van der Waals surface area contributed by atoms with Crippen molar-refractivity contribution >= 4 is 22.0 Å². The molecule has 1 atom stereocenters. The Labute approximate surface area is 109 Å². The Bertz CT molecular complexity index is 292. The summed E-state index contributed by atoms with van der Waals surface area (Å²) in [5, 5.41) is 0.460. The minimum atomic E-state index is -2.83. The summed E-state index contributed by atoms with van der Waals surface area (Å²) in [6.07, 6.45) is -0.847. The molecule has 0 aromatic carbocycles. The quantitative estimate of drug-likeness (QED) is 0.695. The lowest BCUT2D eigenvalue weighted by molar-refractivity contribution is -0.0830. The zero-order valence-electron chi connectivity index (χ0n) is 10.3. The van der Waals surface area contributed by atoms with Crippen molar-refractivity contribution in [2.75, 3.05) is 18.4 Å². The number of carbonyl (C=O) groups is 1. The molecule has 0 N–H and O–H groups in total. The maximum atomic E-state index is 13.4. The first kappa shape index (κ1) is 14.7. The summed E-state index contributed by atoms with van der Waals surface area (Å²) in [6, 6.07) is 0. The lowest BCUT2D eigenvalue weighted by Crippen LogP contribution is -2.51. The molecule has 1 fully saturated rings. The van der Waals surface area contributed by atoms with Crippen molar-refractivity contribution in [2.45, 2.75) is 38.7 Å². The molecular weight excluding hydrogens is 296 g/mol. The fourth-order valence-corrected chi connectivity index (χ4v) is 2.21. The van der Waals surface area contributed by atoms with Crippen LogP contribution >= 0.6 is 15.9 Å². The highest BCUT2D eigenvalue weighted by atomic mass is 79.9. The van der Waals surface area contributed by atoms with Crippen molar-refractivity contribution in [3.05, 3.63) is 0 Å². The Morgan fingerprint density at radius 2 is 2.12 bits per heavy atom. The van der Waals surface area contributed by atoms with Crippen molar-refractivity contribution in [3.63, 3.8) is 0 Å². The van der Waals surface area contributed by atoms with Crippen molar-refractivity contribution < 1.29 is 18.3 Å². The second-order valence-corrected chi connectivity index (χ2v) is 6.09. The summed E-state index contributed by atoms with van der Waals surface area (Å²) >= 11 is 3.19. The van der Waals surface area contributed by atoms with E-state index in [0.29, 0.717) is 11.9 Å². The van der Waals surface area contributed by atoms with Crippen LogP contribution in [0.4, 0.5) is 13.6 Å². The molecule has 0 radical (unpaired) electrons. The van der Waals surface area contributed by atoms with Crippen LogP contribution in [0.1, 0.15) is 27.2 Å². The van der Waals surface area contributed by atoms with E-state index in [1.54, 1.807) is 20.8 Å².